The minimum atomic E-state index is -1.04. The van der Waals surface area contributed by atoms with E-state index in [0.29, 0.717) is 22.7 Å². The number of carbonyl (C=O) groups is 3. The highest BCUT2D eigenvalue weighted by molar-refractivity contribution is 6.52. The van der Waals surface area contributed by atoms with Gasteiger partial charge in [0.15, 0.2) is 5.75 Å². The van der Waals surface area contributed by atoms with Gasteiger partial charge >= 0.3 is 0 Å². The number of ether oxygens (including phenoxy) is 2. The average molecular weight is 541 g/mol. The standard InChI is InChI=1S/C27H22Cl2N2O6/c1-14(32)30-16-8-10-17(11-9-16)31-23(18-6-4-5-7-21(18)36-2)22(25(34)27(31)35)24(33)15-12-19(28)26(37-3)20(29)13-15/h4-13,23,33H,1-3H3,(H,30,32)/b24-22+. The molecule has 1 fully saturated rings. The maximum absolute atomic E-state index is 13.4. The zero-order valence-corrected chi connectivity index (χ0v) is 21.6. The average Bonchev–Trinajstić information content (AvgIpc) is 3.13. The Morgan fingerprint density at radius 3 is 2.16 bits per heavy atom. The van der Waals surface area contributed by atoms with E-state index in [1.54, 1.807) is 48.5 Å². The molecule has 1 heterocycles. The smallest absolute Gasteiger partial charge is 0.300 e. The van der Waals surface area contributed by atoms with Gasteiger partial charge in [0.1, 0.15) is 11.5 Å². The number of para-hydroxylation sites is 1. The van der Waals surface area contributed by atoms with E-state index in [1.807, 2.05) is 0 Å². The Balaban J connectivity index is 1.94. The number of benzene rings is 3. The van der Waals surface area contributed by atoms with Gasteiger partial charge in [0.2, 0.25) is 5.91 Å². The quantitative estimate of drug-likeness (QED) is 0.239. The minimum Gasteiger partial charge on any atom is -0.507 e. The zero-order valence-electron chi connectivity index (χ0n) is 20.0. The van der Waals surface area contributed by atoms with Crippen LogP contribution in [0.2, 0.25) is 10.0 Å². The van der Waals surface area contributed by atoms with Gasteiger partial charge in [-0.1, -0.05) is 41.4 Å². The Kier molecular flexibility index (Phi) is 7.42. The molecule has 1 aliphatic heterocycles. The van der Waals surface area contributed by atoms with Gasteiger partial charge < -0.3 is 19.9 Å². The summed E-state index contributed by atoms with van der Waals surface area (Å²) in [7, 11) is 2.87. The fraction of sp³-hybridized carbons (Fsp3) is 0.148. The molecule has 2 amide bonds. The lowest BCUT2D eigenvalue weighted by atomic mass is 9.94. The number of Topliss-reactive ketones (excluding diaryl/α,β-unsaturated/α-hetero) is 1. The maximum Gasteiger partial charge on any atom is 0.300 e. The van der Waals surface area contributed by atoms with Crippen LogP contribution in [0, 0.1) is 0 Å². The summed E-state index contributed by atoms with van der Waals surface area (Å²) in [6.07, 6.45) is 0. The van der Waals surface area contributed by atoms with Crippen LogP contribution in [0.3, 0.4) is 0 Å². The fourth-order valence-corrected chi connectivity index (χ4v) is 4.88. The first-order valence-corrected chi connectivity index (χ1v) is 11.8. The van der Waals surface area contributed by atoms with Crippen molar-refractivity contribution in [1.29, 1.82) is 0 Å². The molecule has 1 aliphatic rings. The number of halogens is 2. The van der Waals surface area contributed by atoms with E-state index in [-0.39, 0.29) is 32.8 Å². The number of hydrogen-bond acceptors (Lipinski definition) is 6. The molecule has 1 atom stereocenters. The van der Waals surface area contributed by atoms with E-state index in [0.717, 1.165) is 0 Å². The predicted molar refractivity (Wildman–Crippen MR) is 142 cm³/mol. The fourth-order valence-electron chi connectivity index (χ4n) is 4.24. The van der Waals surface area contributed by atoms with Gasteiger partial charge in [-0.15, -0.1) is 0 Å². The third-order valence-electron chi connectivity index (χ3n) is 5.82. The van der Waals surface area contributed by atoms with Crippen LogP contribution in [0.25, 0.3) is 5.76 Å². The molecule has 2 N–H and O–H groups in total. The van der Waals surface area contributed by atoms with E-state index in [2.05, 4.69) is 5.32 Å². The molecule has 1 saturated heterocycles. The Morgan fingerprint density at radius 1 is 0.973 bits per heavy atom. The highest BCUT2D eigenvalue weighted by Gasteiger charge is 2.48. The third-order valence-corrected chi connectivity index (χ3v) is 6.38. The summed E-state index contributed by atoms with van der Waals surface area (Å²) in [4.78, 5) is 39.5. The maximum atomic E-state index is 13.4. The Morgan fingerprint density at radius 2 is 1.59 bits per heavy atom. The van der Waals surface area contributed by atoms with Gasteiger partial charge in [0, 0.05) is 29.4 Å². The molecule has 0 radical (unpaired) electrons. The predicted octanol–water partition coefficient (Wildman–Crippen LogP) is 5.60. The number of hydrogen-bond donors (Lipinski definition) is 2. The molecular weight excluding hydrogens is 519 g/mol. The summed E-state index contributed by atoms with van der Waals surface area (Å²) in [6.45, 7) is 1.38. The van der Waals surface area contributed by atoms with Crippen molar-refractivity contribution in [2.75, 3.05) is 24.4 Å². The first kappa shape index (κ1) is 26.1. The van der Waals surface area contributed by atoms with E-state index in [4.69, 9.17) is 32.7 Å². The number of anilines is 2. The second-order valence-corrected chi connectivity index (χ2v) is 8.93. The molecule has 10 heteroatoms. The molecule has 3 aromatic carbocycles. The van der Waals surface area contributed by atoms with Crippen molar-refractivity contribution >= 4 is 57.9 Å². The van der Waals surface area contributed by atoms with Crippen LogP contribution in [0.5, 0.6) is 11.5 Å². The summed E-state index contributed by atoms with van der Waals surface area (Å²) >= 11 is 12.5. The largest absolute Gasteiger partial charge is 0.507 e. The molecule has 4 rings (SSSR count). The van der Waals surface area contributed by atoms with Crippen molar-refractivity contribution in [2.24, 2.45) is 0 Å². The van der Waals surface area contributed by atoms with E-state index in [9.17, 15) is 19.5 Å². The SMILES string of the molecule is COc1ccccc1C1/C(=C(\O)c2cc(Cl)c(OC)c(Cl)c2)C(=O)C(=O)N1c1ccc(NC(C)=O)cc1. The number of rotatable bonds is 6. The van der Waals surface area contributed by atoms with E-state index >= 15 is 0 Å². The molecule has 0 aliphatic carbocycles. The van der Waals surface area contributed by atoms with Crippen LogP contribution < -0.4 is 19.7 Å². The van der Waals surface area contributed by atoms with Crippen molar-refractivity contribution in [3.8, 4) is 11.5 Å². The van der Waals surface area contributed by atoms with Gasteiger partial charge in [-0.25, -0.2) is 0 Å². The van der Waals surface area contributed by atoms with Crippen LogP contribution in [-0.2, 0) is 14.4 Å². The molecule has 0 spiro atoms. The number of nitrogens with one attached hydrogen (secondary N) is 1. The molecule has 0 aromatic heterocycles. The number of carbonyl (C=O) groups excluding carboxylic acids is 3. The molecular formula is C27H22Cl2N2O6. The summed E-state index contributed by atoms with van der Waals surface area (Å²) in [5.74, 6) is -1.85. The Labute approximate surface area is 223 Å². The number of aliphatic hydroxyl groups excluding tert-OH is 1. The normalized spacial score (nSPS) is 16.6. The first-order valence-electron chi connectivity index (χ1n) is 11.0. The molecule has 0 saturated carbocycles. The van der Waals surface area contributed by atoms with Crippen molar-refractivity contribution in [1.82, 2.24) is 0 Å². The monoisotopic (exact) mass is 540 g/mol. The van der Waals surface area contributed by atoms with Crippen LogP contribution in [0.15, 0.2) is 66.2 Å². The highest BCUT2D eigenvalue weighted by Crippen LogP contribution is 2.46. The summed E-state index contributed by atoms with van der Waals surface area (Å²) in [5, 5.41) is 14.3. The number of nitrogens with zero attached hydrogens (tertiary/aromatic N) is 1. The lowest BCUT2D eigenvalue weighted by Gasteiger charge is -2.27. The lowest BCUT2D eigenvalue weighted by molar-refractivity contribution is -0.132. The lowest BCUT2D eigenvalue weighted by Crippen LogP contribution is -2.29. The van der Waals surface area contributed by atoms with Gasteiger partial charge in [0.05, 0.1) is 35.9 Å². The van der Waals surface area contributed by atoms with Crippen molar-refractivity contribution < 1.29 is 29.0 Å². The van der Waals surface area contributed by atoms with Gasteiger partial charge in [0.25, 0.3) is 11.7 Å². The van der Waals surface area contributed by atoms with Gasteiger partial charge in [-0.3, -0.25) is 19.3 Å². The molecule has 3 aromatic rings. The van der Waals surface area contributed by atoms with Crippen molar-refractivity contribution in [3.05, 3.63) is 87.4 Å². The summed E-state index contributed by atoms with van der Waals surface area (Å²) < 4.78 is 10.7. The molecule has 1 unspecified atom stereocenters. The van der Waals surface area contributed by atoms with Crippen molar-refractivity contribution in [2.45, 2.75) is 13.0 Å². The van der Waals surface area contributed by atoms with Crippen LogP contribution in [0.4, 0.5) is 11.4 Å². The number of amides is 2. The topological polar surface area (TPSA) is 105 Å². The summed E-state index contributed by atoms with van der Waals surface area (Å²) in [5.41, 5.74) is 1.33. The number of aliphatic hydroxyl groups is 1. The Bertz CT molecular complexity index is 1410. The van der Waals surface area contributed by atoms with E-state index in [1.165, 1.54) is 38.2 Å². The number of ketones is 1. The minimum absolute atomic E-state index is 0.119. The van der Waals surface area contributed by atoms with Crippen LogP contribution >= 0.6 is 23.2 Å². The van der Waals surface area contributed by atoms with Crippen LogP contribution in [-0.4, -0.2) is 36.9 Å². The second kappa shape index (κ2) is 10.5. The molecule has 190 valence electrons. The number of methoxy groups -OCH3 is 2. The van der Waals surface area contributed by atoms with Crippen molar-refractivity contribution in [3.63, 3.8) is 0 Å². The van der Waals surface area contributed by atoms with Gasteiger partial charge in [-0.05, 0) is 42.5 Å². The summed E-state index contributed by atoms with van der Waals surface area (Å²) in [6, 6.07) is 15.1. The molecule has 0 bridgehead atoms. The Hall–Kier alpha value is -4.01. The zero-order chi connectivity index (χ0) is 26.9. The molecule has 8 nitrogen and oxygen atoms in total. The van der Waals surface area contributed by atoms with Crippen LogP contribution in [0.1, 0.15) is 24.1 Å². The molecule has 37 heavy (non-hydrogen) atoms. The van der Waals surface area contributed by atoms with Gasteiger partial charge in [-0.2, -0.15) is 0 Å². The first-order chi connectivity index (χ1) is 17.7. The highest BCUT2D eigenvalue weighted by atomic mass is 35.5. The second-order valence-electron chi connectivity index (χ2n) is 8.11. The third kappa shape index (κ3) is 4.85. The van der Waals surface area contributed by atoms with E-state index < -0.39 is 23.5 Å².